The molecule has 1 atom stereocenters. The average molecular weight is 659 g/mol. The van der Waals surface area contributed by atoms with E-state index in [4.69, 9.17) is 31.2 Å². The van der Waals surface area contributed by atoms with Crippen molar-refractivity contribution in [1.29, 1.82) is 0 Å². The van der Waals surface area contributed by atoms with Crippen LogP contribution in [-0.4, -0.2) is 64.4 Å². The van der Waals surface area contributed by atoms with Crippen LogP contribution in [0.1, 0.15) is 35.2 Å². The maximum Gasteiger partial charge on any atom is 0.260 e. The number of thioether (sulfide) groups is 1. The molecule has 2 amide bonds. The van der Waals surface area contributed by atoms with E-state index in [2.05, 4.69) is 10.6 Å². The largest absolute Gasteiger partial charge is 0.484 e. The second kappa shape index (κ2) is 14.0. The van der Waals surface area contributed by atoms with Crippen molar-refractivity contribution < 1.29 is 19.1 Å². The van der Waals surface area contributed by atoms with E-state index < -0.39 is 6.04 Å². The third kappa shape index (κ3) is 6.91. The first-order chi connectivity index (χ1) is 22.3. The molecule has 4 aromatic rings. The number of amides is 2. The number of anilines is 2. The minimum Gasteiger partial charge on any atom is -0.484 e. The summed E-state index contributed by atoms with van der Waals surface area (Å²) < 4.78 is 12.9. The predicted octanol–water partition coefficient (Wildman–Crippen LogP) is 6.01. The summed E-state index contributed by atoms with van der Waals surface area (Å²) in [6, 6.07) is 20.4. The summed E-state index contributed by atoms with van der Waals surface area (Å²) in [5, 5.41) is 12.5. The lowest BCUT2D eigenvalue weighted by Crippen LogP contribution is -2.42. The Kier molecular flexibility index (Phi) is 9.62. The summed E-state index contributed by atoms with van der Waals surface area (Å²) in [6.07, 6.45) is 0. The van der Waals surface area contributed by atoms with E-state index in [0.29, 0.717) is 65.2 Å². The Hall–Kier alpha value is -4.32. The van der Waals surface area contributed by atoms with Crippen molar-refractivity contribution in [2.24, 2.45) is 0 Å². The molecule has 0 spiro atoms. The van der Waals surface area contributed by atoms with Crippen LogP contribution in [-0.2, 0) is 20.1 Å². The Labute approximate surface area is 277 Å². The lowest BCUT2D eigenvalue weighted by Gasteiger charge is -2.29. The van der Waals surface area contributed by atoms with Gasteiger partial charge in [0, 0.05) is 35.2 Å². The van der Waals surface area contributed by atoms with Gasteiger partial charge in [-0.15, -0.1) is 5.10 Å². The zero-order valence-corrected chi connectivity index (χ0v) is 27.5. The fourth-order valence-corrected chi connectivity index (χ4v) is 6.54. The van der Waals surface area contributed by atoms with Gasteiger partial charge in [0.05, 0.1) is 18.8 Å². The van der Waals surface area contributed by atoms with Gasteiger partial charge in [0.1, 0.15) is 11.8 Å². The van der Waals surface area contributed by atoms with Crippen LogP contribution >= 0.6 is 23.4 Å². The van der Waals surface area contributed by atoms with Crippen LogP contribution in [0.15, 0.2) is 83.2 Å². The van der Waals surface area contributed by atoms with Crippen LogP contribution in [0.4, 0.5) is 11.6 Å². The smallest absolute Gasteiger partial charge is 0.260 e. The van der Waals surface area contributed by atoms with Crippen molar-refractivity contribution in [2.45, 2.75) is 37.7 Å². The van der Waals surface area contributed by atoms with Gasteiger partial charge in [0.2, 0.25) is 11.1 Å². The minimum atomic E-state index is -0.576. The molecule has 2 N–H and O–H groups in total. The normalized spacial score (nSPS) is 16.1. The van der Waals surface area contributed by atoms with Gasteiger partial charge in [-0.2, -0.15) is 4.98 Å². The highest BCUT2D eigenvalue weighted by atomic mass is 35.5. The number of halogens is 1. The third-order valence-corrected chi connectivity index (χ3v) is 9.42. The van der Waals surface area contributed by atoms with Crippen molar-refractivity contribution in [3.8, 4) is 5.75 Å². The van der Waals surface area contributed by atoms with Crippen molar-refractivity contribution in [3.05, 3.63) is 105 Å². The van der Waals surface area contributed by atoms with Crippen LogP contribution in [0.3, 0.4) is 0 Å². The van der Waals surface area contributed by atoms with Crippen molar-refractivity contribution >= 4 is 46.8 Å². The lowest BCUT2D eigenvalue weighted by atomic mass is 9.94. The Balaban J connectivity index is 1.28. The molecule has 0 saturated carbocycles. The van der Waals surface area contributed by atoms with Crippen molar-refractivity contribution in [3.63, 3.8) is 0 Å². The van der Waals surface area contributed by atoms with E-state index in [1.165, 1.54) is 11.8 Å². The molecule has 46 heavy (non-hydrogen) atoms. The zero-order valence-electron chi connectivity index (χ0n) is 25.9. The second-order valence-electron chi connectivity index (χ2n) is 11.2. The highest BCUT2D eigenvalue weighted by Gasteiger charge is 2.35. The van der Waals surface area contributed by atoms with E-state index in [9.17, 15) is 9.59 Å². The van der Waals surface area contributed by atoms with Crippen molar-refractivity contribution in [1.82, 2.24) is 19.7 Å². The molecular weight excluding hydrogens is 624 g/mol. The molecule has 6 rings (SSSR count). The Bertz CT molecular complexity index is 1780. The number of nitrogens with zero attached hydrogens (tertiary/aromatic N) is 4. The van der Waals surface area contributed by atoms with Gasteiger partial charge in [-0.05, 0) is 67.3 Å². The number of aromatic nitrogens is 3. The molecule has 1 saturated heterocycles. The van der Waals surface area contributed by atoms with E-state index in [-0.39, 0.29) is 18.4 Å². The maximum absolute atomic E-state index is 14.0. The van der Waals surface area contributed by atoms with E-state index in [1.807, 2.05) is 87.5 Å². The van der Waals surface area contributed by atoms with Crippen LogP contribution in [0.25, 0.3) is 0 Å². The number of carbonyl (C=O) groups is 2. The Morgan fingerprint density at radius 3 is 2.57 bits per heavy atom. The number of fused-ring (bicyclic) bond motifs is 1. The summed E-state index contributed by atoms with van der Waals surface area (Å²) in [5.41, 5.74) is 5.82. The van der Waals surface area contributed by atoms with Crippen LogP contribution in [0.5, 0.6) is 5.75 Å². The second-order valence-corrected chi connectivity index (χ2v) is 12.5. The number of hydrogen-bond donors (Lipinski definition) is 2. The number of benzene rings is 3. The first-order valence-corrected chi connectivity index (χ1v) is 16.4. The number of ether oxygens (including phenoxy) is 2. The highest BCUT2D eigenvalue weighted by Crippen LogP contribution is 2.38. The molecule has 2 aliphatic heterocycles. The summed E-state index contributed by atoms with van der Waals surface area (Å²) in [4.78, 5) is 33.1. The van der Waals surface area contributed by atoms with Gasteiger partial charge in [-0.1, -0.05) is 65.8 Å². The molecule has 10 nitrogen and oxygen atoms in total. The molecular formula is C34H35ClN6O4S. The van der Waals surface area contributed by atoms with Gasteiger partial charge in [0.15, 0.2) is 6.61 Å². The number of hydrogen-bond acceptors (Lipinski definition) is 8. The average Bonchev–Trinajstić information content (AvgIpc) is 3.47. The van der Waals surface area contributed by atoms with Gasteiger partial charge in [-0.3, -0.25) is 9.59 Å². The molecule has 3 heterocycles. The lowest BCUT2D eigenvalue weighted by molar-refractivity contribution is -0.137. The number of carbonyl (C=O) groups excluding carboxylic acids is 2. The van der Waals surface area contributed by atoms with Gasteiger partial charge < -0.3 is 25.0 Å². The monoisotopic (exact) mass is 658 g/mol. The van der Waals surface area contributed by atoms with Crippen LogP contribution < -0.4 is 15.4 Å². The summed E-state index contributed by atoms with van der Waals surface area (Å²) in [6.45, 7) is 8.01. The molecule has 1 aromatic heterocycles. The number of allylic oxidation sites excluding steroid dienone is 1. The molecule has 238 valence electrons. The van der Waals surface area contributed by atoms with Gasteiger partial charge in [0.25, 0.3) is 11.8 Å². The quantitative estimate of drug-likeness (QED) is 0.211. The molecule has 1 fully saturated rings. The third-order valence-electron chi connectivity index (χ3n) is 8.17. The van der Waals surface area contributed by atoms with Gasteiger partial charge >= 0.3 is 0 Å². The zero-order chi connectivity index (χ0) is 32.2. The van der Waals surface area contributed by atoms with E-state index >= 15 is 0 Å². The number of morpholine rings is 1. The molecule has 2 aliphatic rings. The molecule has 3 aromatic carbocycles. The molecule has 0 bridgehead atoms. The Morgan fingerprint density at radius 2 is 1.80 bits per heavy atom. The number of nitrogens with one attached hydrogen (secondary N) is 2. The molecule has 0 radical (unpaired) electrons. The fraction of sp³-hybridized carbons (Fsp3) is 0.294. The standard InChI is InChI=1S/C34H35ClN6O4S/c1-21-7-6-10-28(22(21)2)37-32(43)30-23(3)36-33-38-34(46-20-25-8-4-5-9-27(25)35)39-41(33)31(30)24-11-13-26(14-12-24)45-19-29(42)40-15-17-44-18-16-40/h4-14,31H,15-20H2,1-3H3,(H,37,43)(H,36,38,39). The Morgan fingerprint density at radius 1 is 1.04 bits per heavy atom. The maximum atomic E-state index is 14.0. The summed E-state index contributed by atoms with van der Waals surface area (Å²) in [5.74, 6) is 1.35. The summed E-state index contributed by atoms with van der Waals surface area (Å²) in [7, 11) is 0. The van der Waals surface area contributed by atoms with E-state index in [1.54, 1.807) is 9.58 Å². The fourth-order valence-electron chi connectivity index (χ4n) is 5.42. The number of aryl methyl sites for hydroxylation is 1. The SMILES string of the molecule is CC1=C(C(=O)Nc2cccc(C)c2C)C(c2ccc(OCC(=O)N3CCOCC3)cc2)n2nc(SCc3ccccc3Cl)nc2N1. The first kappa shape index (κ1) is 31.7. The van der Waals surface area contributed by atoms with E-state index in [0.717, 1.165) is 27.9 Å². The predicted molar refractivity (Wildman–Crippen MR) is 179 cm³/mol. The molecule has 0 aliphatic carbocycles. The molecule has 12 heteroatoms. The van der Waals surface area contributed by atoms with Gasteiger partial charge in [-0.25, -0.2) is 4.68 Å². The number of rotatable bonds is 9. The highest BCUT2D eigenvalue weighted by molar-refractivity contribution is 7.98. The van der Waals surface area contributed by atoms with Crippen LogP contribution in [0.2, 0.25) is 5.02 Å². The minimum absolute atomic E-state index is 0.0611. The summed E-state index contributed by atoms with van der Waals surface area (Å²) >= 11 is 7.86. The van der Waals surface area contributed by atoms with Crippen molar-refractivity contribution in [2.75, 3.05) is 43.5 Å². The first-order valence-electron chi connectivity index (χ1n) is 15.0. The topological polar surface area (TPSA) is 111 Å². The van der Waals surface area contributed by atoms with Crippen LogP contribution in [0, 0.1) is 13.8 Å². The molecule has 1 unspecified atom stereocenters.